The molecule has 0 radical (unpaired) electrons. The van der Waals surface area contributed by atoms with Crippen molar-refractivity contribution in [2.45, 2.75) is 0 Å². The topological polar surface area (TPSA) is 96.5 Å². The molecule has 3 aromatic rings. The molecule has 28 heavy (non-hydrogen) atoms. The van der Waals surface area contributed by atoms with Crippen LogP contribution >= 0.6 is 0 Å². The molecule has 5 rings (SSSR count). The van der Waals surface area contributed by atoms with E-state index in [1.807, 2.05) is 48.5 Å². The van der Waals surface area contributed by atoms with Crippen LogP contribution in [0.15, 0.2) is 83.0 Å². The summed E-state index contributed by atoms with van der Waals surface area (Å²) in [6, 6.07) is 21.7. The first kappa shape index (κ1) is 16.1. The van der Waals surface area contributed by atoms with Gasteiger partial charge in [-0.05, 0) is 24.3 Å². The summed E-state index contributed by atoms with van der Waals surface area (Å²) in [5.41, 5.74) is 4.70. The summed E-state index contributed by atoms with van der Waals surface area (Å²) in [6.45, 7) is 0. The van der Waals surface area contributed by atoms with E-state index in [1.54, 1.807) is 12.1 Å². The third-order valence-electron chi connectivity index (χ3n) is 4.63. The van der Waals surface area contributed by atoms with Gasteiger partial charge in [-0.2, -0.15) is 5.11 Å². The van der Waals surface area contributed by atoms with E-state index >= 15 is 0 Å². The Kier molecular flexibility index (Phi) is 3.58. The van der Waals surface area contributed by atoms with E-state index in [2.05, 4.69) is 15.2 Å². The van der Waals surface area contributed by atoms with Gasteiger partial charge in [-0.3, -0.25) is 10.1 Å². The highest BCUT2D eigenvalue weighted by atomic mass is 16.6. The number of nitro groups is 1. The highest BCUT2D eigenvalue weighted by molar-refractivity contribution is 6.11. The van der Waals surface area contributed by atoms with Crippen molar-refractivity contribution < 1.29 is 4.92 Å². The minimum atomic E-state index is -0.440. The summed E-state index contributed by atoms with van der Waals surface area (Å²) in [7, 11) is 0. The Hall–Kier alpha value is -4.13. The number of aromatic amines is 1. The van der Waals surface area contributed by atoms with Gasteiger partial charge in [-0.25, -0.2) is 4.98 Å². The normalized spacial score (nSPS) is 11.7. The maximum absolute atomic E-state index is 10.8. The van der Waals surface area contributed by atoms with Crippen LogP contribution in [0.3, 0.4) is 0 Å². The predicted molar refractivity (Wildman–Crippen MR) is 107 cm³/mol. The van der Waals surface area contributed by atoms with Crippen LogP contribution in [0.4, 0.5) is 17.1 Å². The average molecular weight is 367 g/mol. The summed E-state index contributed by atoms with van der Waals surface area (Å²) >= 11 is 0. The number of rotatable bonds is 3. The van der Waals surface area contributed by atoms with Crippen molar-refractivity contribution in [3.63, 3.8) is 0 Å². The molecule has 0 bridgehead atoms. The first-order valence-electron chi connectivity index (χ1n) is 8.66. The molecule has 1 aliphatic heterocycles. The number of aromatic nitrogens is 2. The smallest absolute Gasteiger partial charge is 0.269 e. The van der Waals surface area contributed by atoms with Gasteiger partial charge in [0.05, 0.1) is 33.0 Å². The van der Waals surface area contributed by atoms with Gasteiger partial charge in [0.25, 0.3) is 5.69 Å². The number of azo groups is 1. The Bertz CT molecular complexity index is 1340. The SMILES string of the molecule is O=[N+]([O-])c1ccc(N=Nc2c3[nH]c4ccccc4nc-3c3ccccc23)cc1. The van der Waals surface area contributed by atoms with Crippen LogP contribution in [0.25, 0.3) is 33.2 Å². The highest BCUT2D eigenvalue weighted by Gasteiger charge is 2.20. The van der Waals surface area contributed by atoms with Crippen LogP contribution < -0.4 is 0 Å². The molecule has 0 spiro atoms. The minimum Gasteiger partial charge on any atom is -0.350 e. The number of para-hydroxylation sites is 2. The third kappa shape index (κ3) is 2.57. The van der Waals surface area contributed by atoms with Gasteiger partial charge in [-0.15, -0.1) is 5.11 Å². The van der Waals surface area contributed by atoms with Crippen LogP contribution in [0.1, 0.15) is 0 Å². The van der Waals surface area contributed by atoms with Gasteiger partial charge in [0, 0.05) is 22.9 Å². The molecular formula is C21H13N5O2. The van der Waals surface area contributed by atoms with Crippen LogP contribution in [-0.4, -0.2) is 14.9 Å². The van der Waals surface area contributed by atoms with E-state index in [1.165, 1.54) is 12.1 Å². The zero-order valence-corrected chi connectivity index (χ0v) is 14.5. The van der Waals surface area contributed by atoms with Crippen molar-refractivity contribution in [2.75, 3.05) is 0 Å². The second-order valence-corrected chi connectivity index (χ2v) is 6.35. The maximum atomic E-state index is 10.8. The fourth-order valence-corrected chi connectivity index (χ4v) is 3.30. The summed E-state index contributed by atoms with van der Waals surface area (Å²) < 4.78 is 0. The first-order chi connectivity index (χ1) is 13.7. The number of benzene rings is 3. The van der Waals surface area contributed by atoms with Crippen molar-refractivity contribution >= 4 is 38.9 Å². The molecule has 0 aromatic heterocycles. The maximum Gasteiger partial charge on any atom is 0.269 e. The second-order valence-electron chi connectivity index (χ2n) is 6.35. The standard InChI is InChI=1S/C21H13N5O2/c27-26(28)14-11-9-13(10-12-14)24-25-20-16-6-2-1-5-15(16)19-21(20)23-18-8-4-3-7-17(18)22-19/h1-12,23H. The van der Waals surface area contributed by atoms with Crippen molar-refractivity contribution in [1.29, 1.82) is 0 Å². The van der Waals surface area contributed by atoms with E-state index in [0.29, 0.717) is 11.4 Å². The van der Waals surface area contributed by atoms with Crippen molar-refractivity contribution in [3.8, 4) is 11.4 Å². The number of fused-ring (bicyclic) bond motifs is 4. The molecule has 134 valence electrons. The number of hydrogen-bond acceptors (Lipinski definition) is 5. The lowest BCUT2D eigenvalue weighted by molar-refractivity contribution is -0.384. The van der Waals surface area contributed by atoms with E-state index in [9.17, 15) is 10.1 Å². The Labute approximate surface area is 158 Å². The summed E-state index contributed by atoms with van der Waals surface area (Å²) in [4.78, 5) is 18.6. The number of nitro benzene ring substituents is 1. The lowest BCUT2D eigenvalue weighted by atomic mass is 10.2. The zero-order valence-electron chi connectivity index (χ0n) is 14.5. The fraction of sp³-hybridized carbons (Fsp3) is 0. The molecule has 2 aliphatic rings. The number of nitrogens with one attached hydrogen (secondary N) is 1. The van der Waals surface area contributed by atoms with E-state index in [4.69, 9.17) is 4.98 Å². The van der Waals surface area contributed by atoms with Gasteiger partial charge < -0.3 is 4.98 Å². The van der Waals surface area contributed by atoms with Gasteiger partial charge >= 0.3 is 0 Å². The molecule has 0 amide bonds. The van der Waals surface area contributed by atoms with Crippen LogP contribution in [0, 0.1) is 10.1 Å². The van der Waals surface area contributed by atoms with Crippen molar-refractivity contribution in [2.24, 2.45) is 10.2 Å². The van der Waals surface area contributed by atoms with E-state index < -0.39 is 4.92 Å². The Morgan fingerprint density at radius 1 is 0.857 bits per heavy atom. The molecule has 0 saturated carbocycles. The third-order valence-corrected chi connectivity index (χ3v) is 4.63. The number of nitrogens with zero attached hydrogens (tertiary/aromatic N) is 4. The molecule has 1 aliphatic carbocycles. The van der Waals surface area contributed by atoms with Crippen LogP contribution in [0.2, 0.25) is 0 Å². The van der Waals surface area contributed by atoms with Gasteiger partial charge in [0.15, 0.2) is 0 Å². The van der Waals surface area contributed by atoms with Gasteiger partial charge in [-0.1, -0.05) is 36.4 Å². The summed E-state index contributed by atoms with van der Waals surface area (Å²) in [5.74, 6) is 0. The fourth-order valence-electron chi connectivity index (χ4n) is 3.30. The second kappa shape index (κ2) is 6.24. The molecule has 1 heterocycles. The number of non-ortho nitro benzene ring substituents is 1. The summed E-state index contributed by atoms with van der Waals surface area (Å²) in [5, 5.41) is 21.5. The van der Waals surface area contributed by atoms with Crippen LogP contribution in [-0.2, 0) is 0 Å². The lowest BCUT2D eigenvalue weighted by Gasteiger charge is -2.04. The molecule has 0 atom stereocenters. The van der Waals surface area contributed by atoms with Gasteiger partial charge in [0.1, 0.15) is 5.69 Å². The molecule has 7 nitrogen and oxygen atoms in total. The van der Waals surface area contributed by atoms with Crippen molar-refractivity contribution in [1.82, 2.24) is 9.97 Å². The molecule has 7 heteroatoms. The quantitative estimate of drug-likeness (QED) is 0.235. The molecular weight excluding hydrogens is 354 g/mol. The zero-order chi connectivity index (χ0) is 19.1. The highest BCUT2D eigenvalue weighted by Crippen LogP contribution is 2.43. The Morgan fingerprint density at radius 2 is 1.57 bits per heavy atom. The van der Waals surface area contributed by atoms with E-state index in [-0.39, 0.29) is 5.69 Å². The summed E-state index contributed by atoms with van der Waals surface area (Å²) in [6.07, 6.45) is 0. The molecule has 1 N–H and O–H groups in total. The molecule has 0 fully saturated rings. The Balaban J connectivity index is 1.69. The average Bonchev–Trinajstić information content (AvgIpc) is 3.03. The molecule has 3 aromatic carbocycles. The number of hydrogen-bond donors (Lipinski definition) is 1. The molecule has 0 saturated heterocycles. The largest absolute Gasteiger partial charge is 0.350 e. The predicted octanol–water partition coefficient (Wildman–Crippen LogP) is 6.14. The molecule has 0 unspecified atom stereocenters. The van der Waals surface area contributed by atoms with Crippen LogP contribution in [0.5, 0.6) is 0 Å². The van der Waals surface area contributed by atoms with E-state index in [0.717, 1.165) is 33.2 Å². The monoisotopic (exact) mass is 367 g/mol. The van der Waals surface area contributed by atoms with Crippen molar-refractivity contribution in [3.05, 3.63) is 82.9 Å². The number of H-pyrrole nitrogens is 1. The van der Waals surface area contributed by atoms with Gasteiger partial charge in [0.2, 0.25) is 0 Å². The minimum absolute atomic E-state index is 0.0205. The first-order valence-corrected chi connectivity index (χ1v) is 8.66. The lowest BCUT2D eigenvalue weighted by Crippen LogP contribution is -1.89. The Morgan fingerprint density at radius 3 is 2.36 bits per heavy atom.